The number of piperidine rings is 1. The van der Waals surface area contributed by atoms with Crippen LogP contribution in [0, 0.1) is 18.3 Å². The molecule has 2 heterocycles. The Morgan fingerprint density at radius 2 is 1.74 bits per heavy atom. The maximum Gasteiger partial charge on any atom is 0.519 e. The van der Waals surface area contributed by atoms with Crippen LogP contribution in [0.4, 0.5) is 4.79 Å². The number of hydroxylamine groups is 2. The van der Waals surface area contributed by atoms with Gasteiger partial charge in [-0.1, -0.05) is 0 Å². The molecule has 3 rings (SSSR count). The van der Waals surface area contributed by atoms with E-state index in [9.17, 15) is 27.6 Å². The summed E-state index contributed by atoms with van der Waals surface area (Å²) in [6.07, 6.45) is 3.15. The van der Waals surface area contributed by atoms with Gasteiger partial charge in [-0.2, -0.15) is 13.5 Å². The maximum atomic E-state index is 12.6. The number of ether oxygens (including phenoxy) is 1. The highest BCUT2D eigenvalue weighted by Gasteiger charge is 2.37. The Labute approximate surface area is 226 Å². The molecule has 1 saturated heterocycles. The van der Waals surface area contributed by atoms with Crippen molar-refractivity contribution in [2.45, 2.75) is 78.0 Å². The van der Waals surface area contributed by atoms with Crippen LogP contribution in [-0.4, -0.2) is 63.2 Å². The first-order valence-electron chi connectivity index (χ1n) is 12.7. The van der Waals surface area contributed by atoms with E-state index in [1.54, 1.807) is 0 Å². The van der Waals surface area contributed by atoms with E-state index >= 15 is 0 Å². The molecule has 16 heteroatoms. The minimum atomic E-state index is -4.80. The van der Waals surface area contributed by atoms with Gasteiger partial charge in [0.15, 0.2) is 18.1 Å². The monoisotopic (exact) mass is 576 g/mol. The van der Waals surface area contributed by atoms with Gasteiger partial charge in [0.25, 0.3) is 0 Å². The summed E-state index contributed by atoms with van der Waals surface area (Å²) >= 11 is 0. The van der Waals surface area contributed by atoms with E-state index in [4.69, 9.17) is 23.4 Å². The average Bonchev–Trinajstić information content (AvgIpc) is 3.21. The number of rotatable bonds is 11. The molecule has 2 aliphatic rings. The topological polar surface area (TPSA) is 210 Å². The fourth-order valence-corrected chi connectivity index (χ4v) is 5.24. The number of carbonyl (C=O) groups is 3. The lowest BCUT2D eigenvalue weighted by Crippen LogP contribution is -2.49. The van der Waals surface area contributed by atoms with Crippen LogP contribution in [-0.2, 0) is 39.8 Å². The Hall–Kier alpha value is -2.95. The molecule has 0 aromatic carbocycles. The van der Waals surface area contributed by atoms with Gasteiger partial charge in [0.2, 0.25) is 5.91 Å². The molecule has 15 nitrogen and oxygen atoms in total. The molecule has 3 amide bonds. The van der Waals surface area contributed by atoms with Gasteiger partial charge in [-0.3, -0.25) is 9.59 Å². The van der Waals surface area contributed by atoms with Crippen LogP contribution >= 0.6 is 0 Å². The Morgan fingerprint density at radius 3 is 2.31 bits per heavy atom. The number of primary amides is 1. The first kappa shape index (κ1) is 30.6. The summed E-state index contributed by atoms with van der Waals surface area (Å²) in [5.74, 6) is -1.96. The third-order valence-corrected chi connectivity index (χ3v) is 7.51. The second-order valence-corrected chi connectivity index (χ2v) is 11.5. The molecule has 0 radical (unpaired) electrons. The molecule has 0 bridgehead atoms. The molecule has 1 aliphatic heterocycles. The van der Waals surface area contributed by atoms with Gasteiger partial charge in [0.05, 0.1) is 18.1 Å². The van der Waals surface area contributed by atoms with Crippen LogP contribution in [0.5, 0.6) is 0 Å². The molecule has 39 heavy (non-hydrogen) atoms. The number of esters is 1. The van der Waals surface area contributed by atoms with Gasteiger partial charge in [0, 0.05) is 12.0 Å². The lowest BCUT2D eigenvalue weighted by Gasteiger charge is -2.34. The van der Waals surface area contributed by atoms with E-state index in [1.165, 1.54) is 20.8 Å². The minimum Gasteiger partial charge on any atom is -0.457 e. The zero-order valence-electron chi connectivity index (χ0n) is 22.2. The van der Waals surface area contributed by atoms with Crippen molar-refractivity contribution in [3.63, 3.8) is 0 Å². The molecule has 1 saturated carbocycles. The third kappa shape index (κ3) is 8.78. The van der Waals surface area contributed by atoms with Crippen molar-refractivity contribution < 1.29 is 44.8 Å². The molecule has 0 spiro atoms. The van der Waals surface area contributed by atoms with Gasteiger partial charge < -0.3 is 29.9 Å². The maximum absolute atomic E-state index is 12.6. The Balaban J connectivity index is 1.49. The highest BCUT2D eigenvalue weighted by molar-refractivity contribution is 7.81. The fraction of sp³-hybridized carbons (Fsp3) is 0.739. The predicted molar refractivity (Wildman–Crippen MR) is 133 cm³/mol. The standard InChI is InChI=1S/C23H36N4O11S/c1-14-18(37-22(31)36-14)12-34-20(29)23(2,3)13-35-39(32,33)38-27(21(24)30)17-6-4-15(5-7-17)19(28)26-16-8-10-25-11-9-16/h15-17,25H,4-13H2,1-3H3,(H2,24,30)(H,26,28). The average molecular weight is 577 g/mol. The third-order valence-electron chi connectivity index (χ3n) is 6.76. The van der Waals surface area contributed by atoms with Crippen molar-refractivity contribution in [1.82, 2.24) is 15.7 Å². The lowest BCUT2D eigenvalue weighted by molar-refractivity contribution is -0.158. The number of amides is 3. The molecular formula is C23H36N4O11S. The summed E-state index contributed by atoms with van der Waals surface area (Å²) in [4.78, 5) is 48.2. The van der Waals surface area contributed by atoms with Gasteiger partial charge in [-0.05, 0) is 72.4 Å². The molecular weight excluding hydrogens is 540 g/mol. The minimum absolute atomic E-state index is 0.0108. The summed E-state index contributed by atoms with van der Waals surface area (Å²) in [5.41, 5.74) is 3.91. The SMILES string of the molecule is Cc1oc(=O)oc1COC(=O)C(C)(C)COS(=O)(=O)ON(C(N)=O)C1CCC(C(=O)NC2CCNCC2)CC1. The van der Waals surface area contributed by atoms with E-state index in [0.717, 1.165) is 25.9 Å². The van der Waals surface area contributed by atoms with Crippen LogP contribution in [0.15, 0.2) is 13.6 Å². The number of carbonyl (C=O) groups excluding carboxylic acids is 3. The van der Waals surface area contributed by atoms with Crippen LogP contribution in [0.3, 0.4) is 0 Å². The Kier molecular flexibility index (Phi) is 10.1. The van der Waals surface area contributed by atoms with Crippen LogP contribution in [0.25, 0.3) is 0 Å². The summed E-state index contributed by atoms with van der Waals surface area (Å²) in [7, 11) is -4.80. The molecule has 0 atom stereocenters. The number of urea groups is 1. The molecule has 220 valence electrons. The highest BCUT2D eigenvalue weighted by atomic mass is 32.3. The smallest absolute Gasteiger partial charge is 0.457 e. The summed E-state index contributed by atoms with van der Waals surface area (Å²) < 4.78 is 49.2. The van der Waals surface area contributed by atoms with Crippen LogP contribution < -0.4 is 22.2 Å². The Bertz CT molecular complexity index is 1180. The van der Waals surface area contributed by atoms with Crippen LogP contribution in [0.2, 0.25) is 0 Å². The summed E-state index contributed by atoms with van der Waals surface area (Å²) in [6, 6.07) is -1.70. The first-order chi connectivity index (χ1) is 18.3. The number of nitrogens with zero attached hydrogens (tertiary/aromatic N) is 1. The molecule has 1 aliphatic carbocycles. The predicted octanol–water partition coefficient (Wildman–Crippen LogP) is 0.611. The van der Waals surface area contributed by atoms with Gasteiger partial charge in [0.1, 0.15) is 0 Å². The highest BCUT2D eigenvalue weighted by Crippen LogP contribution is 2.29. The quantitative estimate of drug-likeness (QED) is 0.244. The molecule has 1 aromatic heterocycles. The second-order valence-electron chi connectivity index (χ2n) is 10.3. The Morgan fingerprint density at radius 1 is 1.10 bits per heavy atom. The first-order valence-corrected chi connectivity index (χ1v) is 14.1. The van der Waals surface area contributed by atoms with Gasteiger partial charge in [-0.25, -0.2) is 13.8 Å². The molecule has 2 fully saturated rings. The van der Waals surface area contributed by atoms with E-state index in [-0.39, 0.29) is 29.4 Å². The van der Waals surface area contributed by atoms with Crippen LogP contribution in [0.1, 0.15) is 63.9 Å². The van der Waals surface area contributed by atoms with E-state index in [1.807, 2.05) is 0 Å². The molecule has 4 N–H and O–H groups in total. The second kappa shape index (κ2) is 12.9. The molecule has 0 unspecified atom stereocenters. The van der Waals surface area contributed by atoms with Crippen molar-refractivity contribution in [3.8, 4) is 0 Å². The van der Waals surface area contributed by atoms with Gasteiger partial charge >= 0.3 is 28.2 Å². The number of nitrogens with one attached hydrogen (secondary N) is 2. The van der Waals surface area contributed by atoms with Crippen molar-refractivity contribution in [1.29, 1.82) is 0 Å². The molecule has 1 aromatic rings. The van der Waals surface area contributed by atoms with Crippen molar-refractivity contribution in [3.05, 3.63) is 22.1 Å². The number of hydrogen-bond acceptors (Lipinski definition) is 12. The van der Waals surface area contributed by atoms with E-state index in [0.29, 0.717) is 30.7 Å². The largest absolute Gasteiger partial charge is 0.519 e. The zero-order valence-corrected chi connectivity index (χ0v) is 23.0. The van der Waals surface area contributed by atoms with Crippen molar-refractivity contribution in [2.24, 2.45) is 17.1 Å². The lowest BCUT2D eigenvalue weighted by atomic mass is 9.85. The van der Waals surface area contributed by atoms with E-state index in [2.05, 4.69) is 15.1 Å². The number of nitrogens with two attached hydrogens (primary N) is 1. The summed E-state index contributed by atoms with van der Waals surface area (Å²) in [6.45, 7) is 4.80. The van der Waals surface area contributed by atoms with E-state index < -0.39 is 52.9 Å². The summed E-state index contributed by atoms with van der Waals surface area (Å²) in [5, 5.41) is 6.83. The normalized spacial score (nSPS) is 20.8. The van der Waals surface area contributed by atoms with Gasteiger partial charge in [-0.15, -0.1) is 4.28 Å². The van der Waals surface area contributed by atoms with Crippen molar-refractivity contribution in [2.75, 3.05) is 19.7 Å². The number of aryl methyl sites for hydroxylation is 1. The fourth-order valence-electron chi connectivity index (χ4n) is 4.37. The zero-order chi connectivity index (χ0) is 28.8. The number of hydrogen-bond donors (Lipinski definition) is 3. The van der Waals surface area contributed by atoms with Crippen molar-refractivity contribution >= 4 is 28.3 Å².